The highest BCUT2D eigenvalue weighted by Crippen LogP contribution is 2.17. The summed E-state index contributed by atoms with van der Waals surface area (Å²) in [4.78, 5) is 12.6. The smallest absolute Gasteiger partial charge is 0.255 e. The first-order valence-corrected chi connectivity index (χ1v) is 8.65. The van der Waals surface area contributed by atoms with Crippen LogP contribution in [0.5, 0.6) is 5.75 Å². The largest absolute Gasteiger partial charge is 0.492 e. The first kappa shape index (κ1) is 17.7. The van der Waals surface area contributed by atoms with Crippen molar-refractivity contribution < 1.29 is 9.53 Å². The second kappa shape index (κ2) is 7.87. The van der Waals surface area contributed by atoms with E-state index in [1.807, 2.05) is 75.4 Å². The summed E-state index contributed by atoms with van der Waals surface area (Å²) in [7, 11) is 0. The van der Waals surface area contributed by atoms with Gasteiger partial charge in [-0.25, -0.2) is 4.68 Å². The average Bonchev–Trinajstić information content (AvgIpc) is 2.95. The van der Waals surface area contributed by atoms with Crippen LogP contribution in [0, 0.1) is 20.8 Å². The highest BCUT2D eigenvalue weighted by Gasteiger charge is 2.19. The Labute approximate surface area is 153 Å². The predicted octanol–water partition coefficient (Wildman–Crippen LogP) is 3.61. The molecule has 1 N–H and O–H groups in total. The Kier molecular flexibility index (Phi) is 5.37. The van der Waals surface area contributed by atoms with Crippen LogP contribution in [0.2, 0.25) is 0 Å². The summed E-state index contributed by atoms with van der Waals surface area (Å²) in [5.41, 5.74) is 4.28. The van der Waals surface area contributed by atoms with E-state index >= 15 is 0 Å². The normalized spacial score (nSPS) is 10.6. The number of ether oxygens (including phenoxy) is 1. The molecule has 0 aliphatic carbocycles. The fraction of sp³-hybridized carbons (Fsp3) is 0.238. The quantitative estimate of drug-likeness (QED) is 0.692. The maximum Gasteiger partial charge on any atom is 0.255 e. The molecule has 5 heteroatoms. The minimum Gasteiger partial charge on any atom is -0.492 e. The van der Waals surface area contributed by atoms with Crippen molar-refractivity contribution in [3.8, 4) is 11.4 Å². The van der Waals surface area contributed by atoms with Crippen LogP contribution < -0.4 is 10.1 Å². The van der Waals surface area contributed by atoms with Crippen molar-refractivity contribution in [3.05, 3.63) is 77.1 Å². The molecule has 3 aromatic rings. The molecule has 0 saturated heterocycles. The standard InChI is InChI=1S/C21H23N3O2/c1-15-9-11-19(12-10-15)26-14-13-22-21(25)20-16(2)23-24(17(20)3)18-7-5-4-6-8-18/h4-12H,13-14H2,1-3H3,(H,22,25). The Hall–Kier alpha value is -3.08. The van der Waals surface area contributed by atoms with E-state index in [0.717, 1.165) is 17.1 Å². The van der Waals surface area contributed by atoms with Gasteiger partial charge in [-0.2, -0.15) is 5.10 Å². The lowest BCUT2D eigenvalue weighted by atomic mass is 10.2. The van der Waals surface area contributed by atoms with Gasteiger partial charge in [-0.1, -0.05) is 35.9 Å². The maximum atomic E-state index is 12.6. The molecule has 0 fully saturated rings. The van der Waals surface area contributed by atoms with Crippen LogP contribution in [-0.4, -0.2) is 28.8 Å². The Balaban J connectivity index is 1.61. The van der Waals surface area contributed by atoms with Gasteiger partial charge in [0.1, 0.15) is 12.4 Å². The third-order valence-corrected chi connectivity index (χ3v) is 4.20. The molecule has 3 rings (SSSR count). The van der Waals surface area contributed by atoms with Crippen molar-refractivity contribution in [1.29, 1.82) is 0 Å². The molecule has 0 unspecified atom stereocenters. The summed E-state index contributed by atoms with van der Waals surface area (Å²) in [5.74, 6) is 0.670. The lowest BCUT2D eigenvalue weighted by Gasteiger charge is -2.09. The number of para-hydroxylation sites is 1. The van der Waals surface area contributed by atoms with E-state index < -0.39 is 0 Å². The molecular weight excluding hydrogens is 326 g/mol. The molecule has 1 amide bonds. The number of rotatable bonds is 6. The molecule has 0 atom stereocenters. The van der Waals surface area contributed by atoms with Gasteiger partial charge in [0.25, 0.3) is 5.91 Å². The fourth-order valence-electron chi connectivity index (χ4n) is 2.85. The number of carbonyl (C=O) groups is 1. The first-order valence-electron chi connectivity index (χ1n) is 8.65. The van der Waals surface area contributed by atoms with Crippen molar-refractivity contribution in [3.63, 3.8) is 0 Å². The maximum absolute atomic E-state index is 12.6. The van der Waals surface area contributed by atoms with Gasteiger partial charge in [-0.05, 0) is 45.0 Å². The van der Waals surface area contributed by atoms with Gasteiger partial charge in [0.15, 0.2) is 0 Å². The van der Waals surface area contributed by atoms with Gasteiger partial charge >= 0.3 is 0 Å². The predicted molar refractivity (Wildman–Crippen MR) is 102 cm³/mol. The monoisotopic (exact) mass is 349 g/mol. The Morgan fingerprint density at radius 2 is 1.73 bits per heavy atom. The molecule has 2 aromatic carbocycles. The highest BCUT2D eigenvalue weighted by molar-refractivity contribution is 5.96. The topological polar surface area (TPSA) is 56.1 Å². The number of amides is 1. The SMILES string of the molecule is Cc1ccc(OCCNC(=O)c2c(C)nn(-c3ccccc3)c2C)cc1. The molecule has 0 aliphatic heterocycles. The molecule has 26 heavy (non-hydrogen) atoms. The van der Waals surface area contributed by atoms with Crippen LogP contribution in [0.1, 0.15) is 27.3 Å². The third-order valence-electron chi connectivity index (χ3n) is 4.20. The van der Waals surface area contributed by atoms with Gasteiger partial charge < -0.3 is 10.1 Å². The number of carbonyl (C=O) groups excluding carboxylic acids is 1. The van der Waals surface area contributed by atoms with Crippen LogP contribution in [0.25, 0.3) is 5.69 Å². The summed E-state index contributed by atoms with van der Waals surface area (Å²) < 4.78 is 7.45. The zero-order valence-electron chi connectivity index (χ0n) is 15.3. The summed E-state index contributed by atoms with van der Waals surface area (Å²) in [5, 5.41) is 7.42. The number of aromatic nitrogens is 2. The molecule has 0 aliphatic rings. The van der Waals surface area contributed by atoms with Crippen molar-refractivity contribution in [2.75, 3.05) is 13.2 Å². The van der Waals surface area contributed by atoms with Crippen molar-refractivity contribution in [2.24, 2.45) is 0 Å². The molecular formula is C21H23N3O2. The van der Waals surface area contributed by atoms with Crippen LogP contribution in [0.15, 0.2) is 54.6 Å². The van der Waals surface area contributed by atoms with Crippen LogP contribution in [0.3, 0.4) is 0 Å². The van der Waals surface area contributed by atoms with E-state index in [1.54, 1.807) is 4.68 Å². The van der Waals surface area contributed by atoms with Gasteiger partial charge in [0.2, 0.25) is 0 Å². The molecule has 5 nitrogen and oxygen atoms in total. The van der Waals surface area contributed by atoms with Gasteiger partial charge in [-0.15, -0.1) is 0 Å². The number of nitrogens with one attached hydrogen (secondary N) is 1. The van der Waals surface area contributed by atoms with Crippen molar-refractivity contribution >= 4 is 5.91 Å². The van der Waals surface area contributed by atoms with E-state index in [9.17, 15) is 4.79 Å². The minimum atomic E-state index is -0.130. The van der Waals surface area contributed by atoms with E-state index in [2.05, 4.69) is 10.4 Å². The second-order valence-electron chi connectivity index (χ2n) is 6.21. The third kappa shape index (κ3) is 3.94. The van der Waals surface area contributed by atoms with E-state index in [1.165, 1.54) is 5.56 Å². The number of aryl methyl sites for hydroxylation is 2. The Morgan fingerprint density at radius 3 is 2.42 bits per heavy atom. The van der Waals surface area contributed by atoms with E-state index in [-0.39, 0.29) is 5.91 Å². The van der Waals surface area contributed by atoms with E-state index in [0.29, 0.717) is 24.4 Å². The van der Waals surface area contributed by atoms with Crippen molar-refractivity contribution in [1.82, 2.24) is 15.1 Å². The number of hydrogen-bond acceptors (Lipinski definition) is 3. The van der Waals surface area contributed by atoms with Crippen LogP contribution in [0.4, 0.5) is 0 Å². The van der Waals surface area contributed by atoms with Crippen molar-refractivity contribution in [2.45, 2.75) is 20.8 Å². The summed E-state index contributed by atoms with van der Waals surface area (Å²) in [6.07, 6.45) is 0. The Bertz CT molecular complexity index is 884. The summed E-state index contributed by atoms with van der Waals surface area (Å²) in [6.45, 7) is 6.64. The average molecular weight is 349 g/mol. The zero-order chi connectivity index (χ0) is 18.5. The molecule has 0 radical (unpaired) electrons. The highest BCUT2D eigenvalue weighted by atomic mass is 16.5. The second-order valence-corrected chi connectivity index (χ2v) is 6.21. The van der Waals surface area contributed by atoms with Gasteiger partial charge in [0.05, 0.1) is 29.2 Å². The fourth-order valence-corrected chi connectivity index (χ4v) is 2.85. The molecule has 1 aromatic heterocycles. The van der Waals surface area contributed by atoms with Gasteiger partial charge in [-0.3, -0.25) is 4.79 Å². The minimum absolute atomic E-state index is 0.130. The summed E-state index contributed by atoms with van der Waals surface area (Å²) >= 11 is 0. The number of nitrogens with zero attached hydrogens (tertiary/aromatic N) is 2. The van der Waals surface area contributed by atoms with E-state index in [4.69, 9.17) is 4.74 Å². The molecule has 0 bridgehead atoms. The van der Waals surface area contributed by atoms with Gasteiger partial charge in [0, 0.05) is 0 Å². The Morgan fingerprint density at radius 1 is 1.04 bits per heavy atom. The lowest BCUT2D eigenvalue weighted by Crippen LogP contribution is -2.29. The summed E-state index contributed by atoms with van der Waals surface area (Å²) in [6, 6.07) is 17.6. The molecule has 1 heterocycles. The zero-order valence-corrected chi connectivity index (χ0v) is 15.3. The number of benzene rings is 2. The molecule has 0 saturated carbocycles. The first-order chi connectivity index (χ1) is 12.6. The van der Waals surface area contributed by atoms with Crippen LogP contribution in [-0.2, 0) is 0 Å². The lowest BCUT2D eigenvalue weighted by molar-refractivity contribution is 0.0945. The number of hydrogen-bond donors (Lipinski definition) is 1. The molecule has 134 valence electrons. The van der Waals surface area contributed by atoms with Crippen LogP contribution >= 0.6 is 0 Å². The molecule has 0 spiro atoms.